The van der Waals surface area contributed by atoms with Crippen LogP contribution < -0.4 is 0 Å². The summed E-state index contributed by atoms with van der Waals surface area (Å²) in [6, 6.07) is 67.1. The van der Waals surface area contributed by atoms with E-state index in [9.17, 15) is 0 Å². The van der Waals surface area contributed by atoms with Crippen LogP contribution in [-0.2, 0) is 5.41 Å². The highest BCUT2D eigenvalue weighted by atomic mass is 16.3. The van der Waals surface area contributed by atoms with Gasteiger partial charge in [0.15, 0.2) is 0 Å². The zero-order valence-corrected chi connectivity index (χ0v) is 31.2. The Balaban J connectivity index is 1.06. The molecule has 1 aromatic heterocycles. The van der Waals surface area contributed by atoms with E-state index in [2.05, 4.69) is 196 Å². The molecule has 0 unspecified atom stereocenters. The summed E-state index contributed by atoms with van der Waals surface area (Å²) < 4.78 is 6.86. The van der Waals surface area contributed by atoms with E-state index in [1.54, 1.807) is 0 Å². The summed E-state index contributed by atoms with van der Waals surface area (Å²) in [5, 5.41) is 12.3. The van der Waals surface area contributed by atoms with Crippen LogP contribution in [0.15, 0.2) is 186 Å². The molecule has 1 aliphatic rings. The highest BCUT2D eigenvalue weighted by Gasteiger charge is 2.36. The second-order valence-electron chi connectivity index (χ2n) is 16.0. The van der Waals surface area contributed by atoms with E-state index in [0.29, 0.717) is 0 Å². The average molecular weight is 713 g/mol. The first kappa shape index (κ1) is 31.4. The third-order valence-electron chi connectivity index (χ3n) is 12.6. The predicted octanol–water partition coefficient (Wildman–Crippen LogP) is 15.5. The number of furan rings is 1. The van der Waals surface area contributed by atoms with Crippen molar-refractivity contribution in [3.05, 3.63) is 193 Å². The van der Waals surface area contributed by atoms with Gasteiger partial charge in [-0.3, -0.25) is 0 Å². The molecule has 56 heavy (non-hydrogen) atoms. The summed E-state index contributed by atoms with van der Waals surface area (Å²) in [4.78, 5) is 0. The minimum absolute atomic E-state index is 0.174. The lowest BCUT2D eigenvalue weighted by molar-refractivity contribution is 0.660. The highest BCUT2D eigenvalue weighted by molar-refractivity contribution is 6.24. The summed E-state index contributed by atoms with van der Waals surface area (Å²) in [6.45, 7) is 4.77. The Morgan fingerprint density at radius 3 is 1.62 bits per heavy atom. The summed E-state index contributed by atoms with van der Waals surface area (Å²) >= 11 is 0. The first-order valence-corrected chi connectivity index (χ1v) is 19.6. The fraction of sp³-hybridized carbons (Fsp3) is 0.0545. The highest BCUT2D eigenvalue weighted by Crippen LogP contribution is 2.53. The summed E-state index contributed by atoms with van der Waals surface area (Å²) in [5.41, 5.74) is 14.4. The number of hydrogen-bond acceptors (Lipinski definition) is 1. The Labute approximate surface area is 325 Å². The van der Waals surface area contributed by atoms with Gasteiger partial charge in [-0.05, 0) is 123 Å². The van der Waals surface area contributed by atoms with Crippen molar-refractivity contribution in [3.63, 3.8) is 0 Å². The van der Waals surface area contributed by atoms with Crippen molar-refractivity contribution in [1.29, 1.82) is 0 Å². The molecule has 0 bridgehead atoms. The van der Waals surface area contributed by atoms with Crippen molar-refractivity contribution >= 4 is 65.0 Å². The standard InChI is InChI=1S/C55H36O/c1-55(2)48-27-25-37(45-29-36-18-8-9-19-39(36)53-47-28-34-16-6-7-17-35(34)32-50(47)56-54(45)53)30-46(48)40-26-24-38(31-49(40)55)52-43-22-12-10-20-41(43)51(33-14-4-3-5-15-33)42-21-11-13-23-44(42)52/h3-32H,1-2H3. The zero-order chi connectivity index (χ0) is 37.1. The molecule has 0 atom stereocenters. The lowest BCUT2D eigenvalue weighted by atomic mass is 9.80. The number of benzene rings is 10. The molecule has 11 aromatic rings. The van der Waals surface area contributed by atoms with Gasteiger partial charge in [0.1, 0.15) is 11.2 Å². The molecule has 1 aliphatic carbocycles. The molecule has 262 valence electrons. The van der Waals surface area contributed by atoms with Crippen molar-refractivity contribution in [3.8, 4) is 44.5 Å². The molecule has 0 fully saturated rings. The van der Waals surface area contributed by atoms with E-state index in [-0.39, 0.29) is 5.41 Å². The maximum atomic E-state index is 6.86. The number of rotatable bonds is 3. The van der Waals surface area contributed by atoms with Gasteiger partial charge >= 0.3 is 0 Å². The fourth-order valence-electron chi connectivity index (χ4n) is 9.96. The summed E-state index contributed by atoms with van der Waals surface area (Å²) in [6.07, 6.45) is 0. The normalized spacial score (nSPS) is 13.3. The van der Waals surface area contributed by atoms with E-state index in [4.69, 9.17) is 4.42 Å². The molecule has 1 heteroatoms. The predicted molar refractivity (Wildman–Crippen MR) is 238 cm³/mol. The largest absolute Gasteiger partial charge is 0.455 e. The molecule has 0 spiro atoms. The Hall–Kier alpha value is -6.96. The topological polar surface area (TPSA) is 13.1 Å². The van der Waals surface area contributed by atoms with Crippen molar-refractivity contribution in [2.24, 2.45) is 0 Å². The molecule has 0 saturated heterocycles. The van der Waals surface area contributed by atoms with Gasteiger partial charge in [0.2, 0.25) is 0 Å². The van der Waals surface area contributed by atoms with Crippen LogP contribution in [0.1, 0.15) is 25.0 Å². The van der Waals surface area contributed by atoms with Crippen LogP contribution in [-0.4, -0.2) is 0 Å². The maximum Gasteiger partial charge on any atom is 0.143 e. The van der Waals surface area contributed by atoms with E-state index in [0.717, 1.165) is 22.1 Å². The van der Waals surface area contributed by atoms with Crippen LogP contribution in [0, 0.1) is 0 Å². The summed E-state index contributed by atoms with van der Waals surface area (Å²) in [5.74, 6) is 0. The van der Waals surface area contributed by atoms with Gasteiger partial charge in [-0.25, -0.2) is 0 Å². The average Bonchev–Trinajstić information content (AvgIpc) is 3.72. The van der Waals surface area contributed by atoms with Crippen LogP contribution >= 0.6 is 0 Å². The third kappa shape index (κ3) is 4.37. The van der Waals surface area contributed by atoms with Gasteiger partial charge in [0, 0.05) is 21.8 Å². The second kappa shape index (κ2) is 11.5. The summed E-state index contributed by atoms with van der Waals surface area (Å²) in [7, 11) is 0. The lowest BCUT2D eigenvalue weighted by Crippen LogP contribution is -2.15. The smallest absolute Gasteiger partial charge is 0.143 e. The Kier molecular flexibility index (Phi) is 6.46. The third-order valence-corrected chi connectivity index (χ3v) is 12.6. The molecule has 1 nitrogen and oxygen atoms in total. The zero-order valence-electron chi connectivity index (χ0n) is 31.2. The first-order chi connectivity index (χ1) is 27.5. The molecule has 0 saturated carbocycles. The lowest BCUT2D eigenvalue weighted by Gasteiger charge is -2.23. The van der Waals surface area contributed by atoms with Gasteiger partial charge in [-0.2, -0.15) is 0 Å². The fourth-order valence-corrected chi connectivity index (χ4v) is 9.96. The van der Waals surface area contributed by atoms with Crippen molar-refractivity contribution < 1.29 is 4.42 Å². The van der Waals surface area contributed by atoms with E-state index in [1.807, 2.05) is 0 Å². The molecule has 1 heterocycles. The van der Waals surface area contributed by atoms with Crippen LogP contribution in [0.25, 0.3) is 110 Å². The molecule has 0 N–H and O–H groups in total. The molecule has 10 aromatic carbocycles. The SMILES string of the molecule is CC1(C)c2ccc(-c3cc4ccccc4c4c3oc3cc5ccccc5cc34)cc2-c2ccc(-c3c4ccccc4c(-c4ccccc4)c4ccccc34)cc21. The van der Waals surface area contributed by atoms with E-state index >= 15 is 0 Å². The molecular formula is C55H36O. The van der Waals surface area contributed by atoms with E-state index in [1.165, 1.54) is 98.5 Å². The van der Waals surface area contributed by atoms with Crippen molar-refractivity contribution in [1.82, 2.24) is 0 Å². The molecule has 0 aliphatic heterocycles. The molecular weight excluding hydrogens is 677 g/mol. The van der Waals surface area contributed by atoms with Crippen molar-refractivity contribution in [2.45, 2.75) is 19.3 Å². The Morgan fingerprint density at radius 1 is 0.357 bits per heavy atom. The minimum Gasteiger partial charge on any atom is -0.455 e. The van der Waals surface area contributed by atoms with Crippen LogP contribution in [0.4, 0.5) is 0 Å². The van der Waals surface area contributed by atoms with Gasteiger partial charge in [-0.15, -0.1) is 0 Å². The monoisotopic (exact) mass is 712 g/mol. The first-order valence-electron chi connectivity index (χ1n) is 19.6. The molecule has 12 rings (SSSR count). The van der Waals surface area contributed by atoms with Crippen molar-refractivity contribution in [2.75, 3.05) is 0 Å². The maximum absolute atomic E-state index is 6.86. The molecule has 0 amide bonds. The van der Waals surface area contributed by atoms with Gasteiger partial charge < -0.3 is 4.42 Å². The quantitative estimate of drug-likeness (QED) is 0.166. The van der Waals surface area contributed by atoms with Crippen LogP contribution in [0.3, 0.4) is 0 Å². The van der Waals surface area contributed by atoms with Gasteiger partial charge in [0.25, 0.3) is 0 Å². The Bertz CT molecular complexity index is 3380. The van der Waals surface area contributed by atoms with Gasteiger partial charge in [0.05, 0.1) is 0 Å². The molecule has 0 radical (unpaired) electrons. The number of hydrogen-bond donors (Lipinski definition) is 0. The van der Waals surface area contributed by atoms with Crippen LogP contribution in [0.2, 0.25) is 0 Å². The van der Waals surface area contributed by atoms with Crippen LogP contribution in [0.5, 0.6) is 0 Å². The van der Waals surface area contributed by atoms with Gasteiger partial charge in [-0.1, -0.05) is 166 Å². The minimum atomic E-state index is -0.174. The van der Waals surface area contributed by atoms with E-state index < -0.39 is 0 Å². The number of fused-ring (bicyclic) bond motifs is 11. The Morgan fingerprint density at radius 2 is 0.929 bits per heavy atom. The second-order valence-corrected chi connectivity index (χ2v) is 16.0.